The fraction of sp³-hybridized carbons (Fsp3) is 0.200. The summed E-state index contributed by atoms with van der Waals surface area (Å²) in [6.07, 6.45) is -4.75. The summed E-state index contributed by atoms with van der Waals surface area (Å²) in [7, 11) is 1.54. The van der Waals surface area contributed by atoms with Gasteiger partial charge in [0.15, 0.2) is 0 Å². The van der Waals surface area contributed by atoms with Gasteiger partial charge in [-0.05, 0) is 35.9 Å². The second-order valence-corrected chi connectivity index (χ2v) is 6.36. The number of methoxy groups -OCH3 is 1. The van der Waals surface area contributed by atoms with Crippen molar-refractivity contribution in [1.82, 2.24) is 10.2 Å². The van der Waals surface area contributed by atoms with Crippen molar-refractivity contribution >= 4 is 5.97 Å². The third-order valence-corrected chi connectivity index (χ3v) is 4.72. The SMILES string of the molecule is COc1ccc(-c2[nH]nc3c2[C@H](c2ccccc2C(F)(F)F)CC(=O)O3)cc1. The molecule has 1 atom stereocenters. The maximum atomic E-state index is 13.6. The Hall–Kier alpha value is -3.29. The van der Waals surface area contributed by atoms with Crippen molar-refractivity contribution in [2.75, 3.05) is 7.11 Å². The van der Waals surface area contributed by atoms with Crippen molar-refractivity contribution in [2.24, 2.45) is 0 Å². The molecule has 144 valence electrons. The van der Waals surface area contributed by atoms with Crippen LogP contribution >= 0.6 is 0 Å². The standard InChI is InChI=1S/C20H15F3N2O3/c1-27-12-8-6-11(7-9-12)18-17-14(10-16(26)28-19(17)25-24-18)13-4-2-3-5-15(13)20(21,22)23/h2-9,14H,10H2,1H3,(H,24,25)/t14-/m0/s1. The van der Waals surface area contributed by atoms with Crippen molar-refractivity contribution in [1.29, 1.82) is 0 Å². The van der Waals surface area contributed by atoms with Gasteiger partial charge in [0.25, 0.3) is 0 Å². The molecule has 1 aromatic heterocycles. The third kappa shape index (κ3) is 3.11. The van der Waals surface area contributed by atoms with Crippen LogP contribution in [-0.4, -0.2) is 23.3 Å². The van der Waals surface area contributed by atoms with Gasteiger partial charge in [-0.15, -0.1) is 5.10 Å². The summed E-state index contributed by atoms with van der Waals surface area (Å²) >= 11 is 0. The lowest BCUT2D eigenvalue weighted by Gasteiger charge is -2.25. The Bertz CT molecular complexity index is 1030. The summed E-state index contributed by atoms with van der Waals surface area (Å²) in [5.41, 5.74) is 0.877. The van der Waals surface area contributed by atoms with Gasteiger partial charge in [0, 0.05) is 11.5 Å². The fourth-order valence-electron chi connectivity index (χ4n) is 3.46. The topological polar surface area (TPSA) is 64.2 Å². The lowest BCUT2D eigenvalue weighted by Crippen LogP contribution is -2.23. The second kappa shape index (κ2) is 6.70. The number of nitrogens with one attached hydrogen (secondary N) is 1. The van der Waals surface area contributed by atoms with Gasteiger partial charge < -0.3 is 9.47 Å². The number of rotatable bonds is 3. The van der Waals surface area contributed by atoms with Crippen LogP contribution in [0.3, 0.4) is 0 Å². The number of esters is 1. The average molecular weight is 388 g/mol. The summed E-state index contributed by atoms with van der Waals surface area (Å²) in [4.78, 5) is 12.0. The van der Waals surface area contributed by atoms with Gasteiger partial charge >= 0.3 is 12.1 Å². The molecule has 0 saturated carbocycles. The molecule has 1 aliphatic rings. The van der Waals surface area contributed by atoms with Gasteiger partial charge in [0.1, 0.15) is 5.75 Å². The Morgan fingerprint density at radius 3 is 2.54 bits per heavy atom. The summed E-state index contributed by atoms with van der Waals surface area (Å²) in [5.74, 6) is -0.807. The number of halogens is 3. The summed E-state index contributed by atoms with van der Waals surface area (Å²) in [5, 5.41) is 6.81. The van der Waals surface area contributed by atoms with Crippen LogP contribution in [0.4, 0.5) is 13.2 Å². The first-order valence-corrected chi connectivity index (χ1v) is 8.48. The van der Waals surface area contributed by atoms with E-state index >= 15 is 0 Å². The number of ether oxygens (including phenoxy) is 2. The van der Waals surface area contributed by atoms with Crippen LogP contribution in [0.5, 0.6) is 11.6 Å². The van der Waals surface area contributed by atoms with Crippen LogP contribution in [0.25, 0.3) is 11.3 Å². The van der Waals surface area contributed by atoms with Gasteiger partial charge in [-0.1, -0.05) is 18.2 Å². The number of carbonyl (C=O) groups excluding carboxylic acids is 1. The normalized spacial score (nSPS) is 16.4. The van der Waals surface area contributed by atoms with Gasteiger partial charge in [0.2, 0.25) is 5.88 Å². The first-order chi connectivity index (χ1) is 13.4. The molecule has 1 aliphatic heterocycles. The van der Waals surface area contributed by atoms with Crippen molar-refractivity contribution < 1.29 is 27.4 Å². The Balaban J connectivity index is 1.87. The number of hydrogen-bond donors (Lipinski definition) is 1. The number of H-pyrrole nitrogens is 1. The van der Waals surface area contributed by atoms with E-state index in [-0.39, 0.29) is 17.9 Å². The Kier molecular flexibility index (Phi) is 4.33. The molecule has 1 N–H and O–H groups in total. The van der Waals surface area contributed by atoms with Crippen molar-refractivity contribution in [3.05, 3.63) is 65.2 Å². The molecule has 2 aromatic carbocycles. The highest BCUT2D eigenvalue weighted by Crippen LogP contribution is 2.46. The van der Waals surface area contributed by atoms with Gasteiger partial charge in [-0.25, -0.2) is 0 Å². The van der Waals surface area contributed by atoms with Crippen molar-refractivity contribution in [2.45, 2.75) is 18.5 Å². The molecule has 0 radical (unpaired) electrons. The number of carbonyl (C=O) groups is 1. The largest absolute Gasteiger partial charge is 0.497 e. The van der Waals surface area contributed by atoms with E-state index in [0.29, 0.717) is 22.6 Å². The van der Waals surface area contributed by atoms with Crippen molar-refractivity contribution in [3.8, 4) is 22.9 Å². The van der Waals surface area contributed by atoms with E-state index in [2.05, 4.69) is 10.2 Å². The highest BCUT2D eigenvalue weighted by atomic mass is 19.4. The number of alkyl halides is 3. The van der Waals surface area contributed by atoms with Crippen LogP contribution in [0.2, 0.25) is 0 Å². The summed E-state index contributed by atoms with van der Waals surface area (Å²) in [6.45, 7) is 0. The molecular formula is C20H15F3N2O3. The molecule has 0 bridgehead atoms. The second-order valence-electron chi connectivity index (χ2n) is 6.36. The molecule has 8 heteroatoms. The van der Waals surface area contributed by atoms with E-state index in [1.54, 1.807) is 24.3 Å². The third-order valence-electron chi connectivity index (χ3n) is 4.72. The number of hydrogen-bond acceptors (Lipinski definition) is 4. The van der Waals surface area contributed by atoms with Crippen LogP contribution in [0.15, 0.2) is 48.5 Å². The number of aromatic nitrogens is 2. The summed E-state index contributed by atoms with van der Waals surface area (Å²) in [6, 6.07) is 12.2. The maximum Gasteiger partial charge on any atom is 0.416 e. The molecule has 2 heterocycles. The molecule has 3 aromatic rings. The molecule has 0 aliphatic carbocycles. The minimum atomic E-state index is -4.54. The van der Waals surface area contributed by atoms with E-state index in [0.717, 1.165) is 6.07 Å². The number of fused-ring (bicyclic) bond motifs is 1. The minimum absolute atomic E-state index is 0.00375. The van der Waals surface area contributed by atoms with Gasteiger partial charge in [0.05, 0.1) is 30.4 Å². The van der Waals surface area contributed by atoms with Gasteiger partial charge in [-0.2, -0.15) is 13.2 Å². The Morgan fingerprint density at radius 2 is 1.86 bits per heavy atom. The fourth-order valence-corrected chi connectivity index (χ4v) is 3.46. The minimum Gasteiger partial charge on any atom is -0.497 e. The zero-order valence-corrected chi connectivity index (χ0v) is 14.7. The zero-order valence-electron chi connectivity index (χ0n) is 14.7. The van der Waals surface area contributed by atoms with Crippen molar-refractivity contribution in [3.63, 3.8) is 0 Å². The Labute approximate surface area is 158 Å². The first-order valence-electron chi connectivity index (χ1n) is 8.48. The quantitative estimate of drug-likeness (QED) is 0.669. The lowest BCUT2D eigenvalue weighted by molar-refractivity contribution is -0.140. The zero-order chi connectivity index (χ0) is 19.9. The molecule has 5 nitrogen and oxygen atoms in total. The Morgan fingerprint density at radius 1 is 1.14 bits per heavy atom. The van der Waals surface area contributed by atoms with E-state index in [9.17, 15) is 18.0 Å². The van der Waals surface area contributed by atoms with Crippen LogP contribution in [-0.2, 0) is 11.0 Å². The first kappa shape index (κ1) is 18.1. The van der Waals surface area contributed by atoms with Crippen LogP contribution in [0.1, 0.15) is 29.0 Å². The van der Waals surface area contributed by atoms with E-state index < -0.39 is 23.6 Å². The monoisotopic (exact) mass is 388 g/mol. The van der Waals surface area contributed by atoms with E-state index in [4.69, 9.17) is 9.47 Å². The molecule has 0 amide bonds. The molecular weight excluding hydrogens is 373 g/mol. The van der Waals surface area contributed by atoms with Crippen LogP contribution in [0, 0.1) is 0 Å². The number of benzene rings is 2. The highest BCUT2D eigenvalue weighted by Gasteiger charge is 2.40. The van der Waals surface area contributed by atoms with Gasteiger partial charge in [-0.3, -0.25) is 9.89 Å². The number of nitrogens with zero attached hydrogens (tertiary/aromatic N) is 1. The average Bonchev–Trinajstić information content (AvgIpc) is 3.10. The smallest absolute Gasteiger partial charge is 0.416 e. The summed E-state index contributed by atoms with van der Waals surface area (Å²) < 4.78 is 51.0. The molecule has 4 rings (SSSR count). The molecule has 0 unspecified atom stereocenters. The maximum absolute atomic E-state index is 13.6. The molecule has 0 fully saturated rings. The predicted octanol–water partition coefficient (Wildman–Crippen LogP) is 4.55. The predicted molar refractivity (Wildman–Crippen MR) is 94.1 cm³/mol. The highest BCUT2D eigenvalue weighted by molar-refractivity contribution is 5.80. The molecule has 0 saturated heterocycles. The lowest BCUT2D eigenvalue weighted by atomic mass is 9.83. The van der Waals surface area contributed by atoms with Crippen LogP contribution < -0.4 is 9.47 Å². The number of aromatic amines is 1. The van der Waals surface area contributed by atoms with E-state index in [1.807, 2.05) is 0 Å². The molecule has 0 spiro atoms. The molecule has 28 heavy (non-hydrogen) atoms. The van der Waals surface area contributed by atoms with E-state index in [1.165, 1.54) is 25.3 Å².